The van der Waals surface area contributed by atoms with Gasteiger partial charge in [-0.1, -0.05) is 0 Å². The molecule has 4 amide bonds. The molecule has 1 spiro atoms. The summed E-state index contributed by atoms with van der Waals surface area (Å²) in [5.41, 5.74) is 5.07. The zero-order valence-electron chi connectivity index (χ0n) is 12.1. The number of rotatable bonds is 1. The van der Waals surface area contributed by atoms with E-state index in [2.05, 4.69) is 10.6 Å². The van der Waals surface area contributed by atoms with Crippen LogP contribution in [0.2, 0.25) is 0 Å². The zero-order chi connectivity index (χ0) is 15.0. The molecular formula is C14H22N4O3. The van der Waals surface area contributed by atoms with Crippen molar-refractivity contribution >= 4 is 17.8 Å². The lowest BCUT2D eigenvalue weighted by Gasteiger charge is -2.39. The predicted octanol–water partition coefficient (Wildman–Crippen LogP) is -0.295. The molecule has 116 valence electrons. The summed E-state index contributed by atoms with van der Waals surface area (Å²) >= 11 is 0. The summed E-state index contributed by atoms with van der Waals surface area (Å²) in [6, 6.07) is -0.197. The maximum Gasteiger partial charge on any atom is 0.322 e. The molecule has 3 aliphatic rings. The smallest absolute Gasteiger partial charge is 0.322 e. The van der Waals surface area contributed by atoms with Crippen LogP contribution in [0, 0.1) is 5.92 Å². The normalized spacial score (nSPS) is 32.0. The Kier molecular flexibility index (Phi) is 3.61. The van der Waals surface area contributed by atoms with Gasteiger partial charge in [-0.25, -0.2) is 4.79 Å². The number of carbonyl (C=O) groups excluding carboxylic acids is 3. The Bertz CT molecular complexity index is 463. The van der Waals surface area contributed by atoms with Crippen LogP contribution in [0.3, 0.4) is 0 Å². The van der Waals surface area contributed by atoms with Crippen molar-refractivity contribution in [1.29, 1.82) is 0 Å². The number of urea groups is 1. The quantitative estimate of drug-likeness (QED) is 0.578. The predicted molar refractivity (Wildman–Crippen MR) is 75.2 cm³/mol. The van der Waals surface area contributed by atoms with Gasteiger partial charge in [0.2, 0.25) is 5.91 Å². The topological polar surface area (TPSA) is 105 Å². The van der Waals surface area contributed by atoms with Gasteiger partial charge in [-0.2, -0.15) is 0 Å². The molecule has 0 atom stereocenters. The zero-order valence-corrected chi connectivity index (χ0v) is 12.1. The Morgan fingerprint density at radius 2 is 1.76 bits per heavy atom. The molecule has 7 heteroatoms. The van der Waals surface area contributed by atoms with Gasteiger partial charge < -0.3 is 16.0 Å². The van der Waals surface area contributed by atoms with Crippen LogP contribution in [0.5, 0.6) is 0 Å². The minimum Gasteiger partial charge on any atom is -0.342 e. The third-order valence-electron chi connectivity index (χ3n) is 5.06. The van der Waals surface area contributed by atoms with E-state index >= 15 is 0 Å². The van der Waals surface area contributed by atoms with E-state index in [0.29, 0.717) is 25.9 Å². The maximum absolute atomic E-state index is 12.5. The number of piperidine rings is 1. The average Bonchev–Trinajstić information content (AvgIpc) is 2.74. The van der Waals surface area contributed by atoms with Crippen LogP contribution in [0.15, 0.2) is 0 Å². The molecule has 3 fully saturated rings. The molecule has 0 unspecified atom stereocenters. The van der Waals surface area contributed by atoms with E-state index in [4.69, 9.17) is 5.73 Å². The number of nitrogens with one attached hydrogen (secondary N) is 2. The van der Waals surface area contributed by atoms with Gasteiger partial charge in [-0.05, 0) is 38.5 Å². The van der Waals surface area contributed by atoms with Crippen molar-refractivity contribution in [2.75, 3.05) is 13.1 Å². The second kappa shape index (κ2) is 5.29. The second-order valence-electron chi connectivity index (χ2n) is 6.43. The van der Waals surface area contributed by atoms with Crippen LogP contribution < -0.4 is 16.4 Å². The van der Waals surface area contributed by atoms with E-state index in [1.807, 2.05) is 4.90 Å². The Morgan fingerprint density at radius 3 is 2.29 bits per heavy atom. The first kappa shape index (κ1) is 14.3. The first-order valence-electron chi connectivity index (χ1n) is 7.68. The summed E-state index contributed by atoms with van der Waals surface area (Å²) in [4.78, 5) is 37.5. The third kappa shape index (κ3) is 2.62. The Hall–Kier alpha value is -1.63. The highest BCUT2D eigenvalue weighted by Gasteiger charge is 2.48. The molecule has 2 heterocycles. The fourth-order valence-electron chi connectivity index (χ4n) is 3.61. The van der Waals surface area contributed by atoms with Gasteiger partial charge >= 0.3 is 6.03 Å². The molecule has 0 aromatic carbocycles. The molecule has 0 aromatic rings. The van der Waals surface area contributed by atoms with Crippen molar-refractivity contribution in [3.05, 3.63) is 0 Å². The minimum atomic E-state index is -0.803. The van der Waals surface area contributed by atoms with Crippen molar-refractivity contribution in [2.45, 2.75) is 50.1 Å². The Balaban J connectivity index is 1.57. The van der Waals surface area contributed by atoms with Gasteiger partial charge in [0.25, 0.3) is 5.91 Å². The summed E-state index contributed by atoms with van der Waals surface area (Å²) in [6.45, 7) is 1.05. The highest BCUT2D eigenvalue weighted by molar-refractivity contribution is 6.07. The summed E-state index contributed by atoms with van der Waals surface area (Å²) in [6.07, 6.45) is 4.52. The summed E-state index contributed by atoms with van der Waals surface area (Å²) in [7, 11) is 0. The van der Waals surface area contributed by atoms with Crippen LogP contribution in [0.4, 0.5) is 4.79 Å². The van der Waals surface area contributed by atoms with E-state index in [9.17, 15) is 14.4 Å². The van der Waals surface area contributed by atoms with Crippen molar-refractivity contribution in [1.82, 2.24) is 15.5 Å². The largest absolute Gasteiger partial charge is 0.342 e. The van der Waals surface area contributed by atoms with E-state index in [0.717, 1.165) is 25.7 Å². The third-order valence-corrected chi connectivity index (χ3v) is 5.06. The van der Waals surface area contributed by atoms with Gasteiger partial charge in [0.1, 0.15) is 5.54 Å². The van der Waals surface area contributed by atoms with E-state index < -0.39 is 11.6 Å². The number of hydrogen-bond acceptors (Lipinski definition) is 4. The number of amides is 4. The first-order chi connectivity index (χ1) is 10.00. The van der Waals surface area contributed by atoms with Crippen LogP contribution in [-0.2, 0) is 9.59 Å². The lowest BCUT2D eigenvalue weighted by Crippen LogP contribution is -2.56. The van der Waals surface area contributed by atoms with Gasteiger partial charge in [-0.15, -0.1) is 0 Å². The average molecular weight is 294 g/mol. The van der Waals surface area contributed by atoms with Crippen molar-refractivity contribution in [3.8, 4) is 0 Å². The number of hydrogen-bond donors (Lipinski definition) is 3. The number of nitrogens with two attached hydrogens (primary N) is 1. The molecular weight excluding hydrogens is 272 g/mol. The SMILES string of the molecule is NC1CCC(C(=O)N2CCC3(CC2)NC(=O)NC3=O)CC1. The lowest BCUT2D eigenvalue weighted by molar-refractivity contribution is -0.140. The number of likely N-dealkylation sites (tertiary alicyclic amines) is 1. The number of imide groups is 1. The second-order valence-corrected chi connectivity index (χ2v) is 6.43. The molecule has 2 aliphatic heterocycles. The fraction of sp³-hybridized carbons (Fsp3) is 0.786. The van der Waals surface area contributed by atoms with Crippen LogP contribution >= 0.6 is 0 Å². The minimum absolute atomic E-state index is 0.0749. The van der Waals surface area contributed by atoms with E-state index in [1.165, 1.54) is 0 Å². The standard InChI is InChI=1S/C14H22N4O3/c15-10-3-1-9(2-4-10)11(19)18-7-5-14(6-8-18)12(20)16-13(21)17-14/h9-10H,1-8,15H2,(H2,16,17,20,21). The first-order valence-corrected chi connectivity index (χ1v) is 7.68. The molecule has 4 N–H and O–H groups in total. The van der Waals surface area contributed by atoms with Crippen molar-refractivity contribution in [3.63, 3.8) is 0 Å². The van der Waals surface area contributed by atoms with Crippen LogP contribution in [-0.4, -0.2) is 47.4 Å². The number of nitrogens with zero attached hydrogens (tertiary/aromatic N) is 1. The maximum atomic E-state index is 12.5. The highest BCUT2D eigenvalue weighted by Crippen LogP contribution is 2.29. The van der Waals surface area contributed by atoms with E-state index in [-0.39, 0.29) is 23.8 Å². The van der Waals surface area contributed by atoms with Crippen LogP contribution in [0.1, 0.15) is 38.5 Å². The monoisotopic (exact) mass is 294 g/mol. The molecule has 2 saturated heterocycles. The molecule has 0 radical (unpaired) electrons. The molecule has 21 heavy (non-hydrogen) atoms. The highest BCUT2D eigenvalue weighted by atomic mass is 16.2. The summed E-state index contributed by atoms with van der Waals surface area (Å²) in [5.74, 6) is -0.00411. The lowest BCUT2D eigenvalue weighted by atomic mass is 9.83. The Morgan fingerprint density at radius 1 is 1.14 bits per heavy atom. The molecule has 3 rings (SSSR count). The fourth-order valence-corrected chi connectivity index (χ4v) is 3.61. The van der Waals surface area contributed by atoms with E-state index in [1.54, 1.807) is 0 Å². The Labute approximate surface area is 123 Å². The number of carbonyl (C=O) groups is 3. The molecule has 0 aromatic heterocycles. The van der Waals surface area contributed by atoms with Gasteiger partial charge in [0.05, 0.1) is 0 Å². The van der Waals surface area contributed by atoms with Crippen molar-refractivity contribution in [2.24, 2.45) is 11.7 Å². The summed E-state index contributed by atoms with van der Waals surface area (Å²) in [5, 5.41) is 4.99. The molecule has 0 bridgehead atoms. The van der Waals surface area contributed by atoms with Gasteiger partial charge in [-0.3, -0.25) is 14.9 Å². The summed E-state index contributed by atoms with van der Waals surface area (Å²) < 4.78 is 0. The molecule has 7 nitrogen and oxygen atoms in total. The van der Waals surface area contributed by atoms with Crippen LogP contribution in [0.25, 0.3) is 0 Å². The van der Waals surface area contributed by atoms with Crippen molar-refractivity contribution < 1.29 is 14.4 Å². The van der Waals surface area contributed by atoms with Gasteiger partial charge in [0, 0.05) is 25.0 Å². The molecule has 1 saturated carbocycles. The molecule has 1 aliphatic carbocycles. The van der Waals surface area contributed by atoms with Gasteiger partial charge in [0.15, 0.2) is 0 Å².